The van der Waals surface area contributed by atoms with E-state index in [-0.39, 0.29) is 24.5 Å². The third kappa shape index (κ3) is 4.60. The van der Waals surface area contributed by atoms with Crippen LogP contribution in [0.2, 0.25) is 0 Å². The molecule has 0 bridgehead atoms. The summed E-state index contributed by atoms with van der Waals surface area (Å²) in [4.78, 5) is 25.8. The molecular formula is C23H29N2O3+. The molecule has 1 heterocycles. The van der Waals surface area contributed by atoms with E-state index in [2.05, 4.69) is 37.4 Å². The molecule has 3 atom stereocenters. The third-order valence-electron chi connectivity index (χ3n) is 5.70. The van der Waals surface area contributed by atoms with E-state index in [0.29, 0.717) is 18.9 Å². The predicted octanol–water partition coefficient (Wildman–Crippen LogP) is 2.32. The number of hydrogen-bond donors (Lipinski definition) is 2. The van der Waals surface area contributed by atoms with Gasteiger partial charge in [0.15, 0.2) is 12.6 Å². The number of fused-ring (bicyclic) bond motifs is 1. The lowest BCUT2D eigenvalue weighted by Crippen LogP contribution is -3.17. The molecule has 0 aliphatic carbocycles. The molecule has 1 aliphatic rings. The van der Waals surface area contributed by atoms with Gasteiger partial charge in [0.25, 0.3) is 5.91 Å². The molecule has 0 spiro atoms. The van der Waals surface area contributed by atoms with Gasteiger partial charge in [-0.05, 0) is 35.6 Å². The van der Waals surface area contributed by atoms with Gasteiger partial charge in [-0.3, -0.25) is 4.79 Å². The molecule has 5 nitrogen and oxygen atoms in total. The molecule has 2 N–H and O–H groups in total. The molecule has 2 aromatic rings. The zero-order chi connectivity index (χ0) is 20.1. The topological polar surface area (TPSA) is 59.8 Å². The molecule has 28 heavy (non-hydrogen) atoms. The van der Waals surface area contributed by atoms with E-state index in [9.17, 15) is 9.59 Å². The molecule has 0 fully saturated rings. The van der Waals surface area contributed by atoms with Crippen LogP contribution in [0.5, 0.6) is 0 Å². The second kappa shape index (κ2) is 9.02. The fraction of sp³-hybridized carbons (Fsp3) is 0.391. The van der Waals surface area contributed by atoms with Crippen molar-refractivity contribution in [3.05, 3.63) is 65.2 Å². The van der Waals surface area contributed by atoms with E-state index < -0.39 is 0 Å². The lowest BCUT2D eigenvalue weighted by Gasteiger charge is -2.31. The van der Waals surface area contributed by atoms with E-state index >= 15 is 0 Å². The average Bonchev–Trinajstić information content (AvgIpc) is 2.72. The van der Waals surface area contributed by atoms with E-state index in [0.717, 1.165) is 22.6 Å². The molecule has 0 aromatic heterocycles. The highest BCUT2D eigenvalue weighted by atomic mass is 16.5. The number of nitrogens with one attached hydrogen (secondary N) is 2. The Kier molecular flexibility index (Phi) is 6.47. The van der Waals surface area contributed by atoms with Gasteiger partial charge >= 0.3 is 5.97 Å². The van der Waals surface area contributed by atoms with E-state index in [4.69, 9.17) is 4.74 Å². The number of rotatable bonds is 6. The number of anilines is 1. The number of carbonyl (C=O) groups excluding carboxylic acids is 2. The van der Waals surface area contributed by atoms with Gasteiger partial charge in [-0.25, -0.2) is 4.79 Å². The molecule has 0 saturated heterocycles. The van der Waals surface area contributed by atoms with Gasteiger partial charge in [0.1, 0.15) is 6.54 Å². The third-order valence-corrected chi connectivity index (χ3v) is 5.70. The first-order chi connectivity index (χ1) is 13.5. The number of amides is 1. The Morgan fingerprint density at radius 1 is 1.14 bits per heavy atom. The van der Waals surface area contributed by atoms with Gasteiger partial charge in [-0.1, -0.05) is 50.2 Å². The van der Waals surface area contributed by atoms with Crippen LogP contribution in [0.3, 0.4) is 0 Å². The van der Waals surface area contributed by atoms with Crippen molar-refractivity contribution in [3.63, 3.8) is 0 Å². The largest absolute Gasteiger partial charge is 0.465 e. The first kappa shape index (κ1) is 20.1. The smallest absolute Gasteiger partial charge is 0.365 e. The summed E-state index contributed by atoms with van der Waals surface area (Å²) < 4.78 is 4.99. The Labute approximate surface area is 166 Å². The van der Waals surface area contributed by atoms with Crippen molar-refractivity contribution in [2.45, 2.75) is 45.2 Å². The molecule has 1 aliphatic heterocycles. The number of carbonyl (C=O) groups is 2. The van der Waals surface area contributed by atoms with Crippen LogP contribution in [0.15, 0.2) is 48.5 Å². The summed E-state index contributed by atoms with van der Waals surface area (Å²) in [7, 11) is 1.40. The number of methoxy groups -OCH3 is 1. The summed E-state index contributed by atoms with van der Waals surface area (Å²) >= 11 is 0. The van der Waals surface area contributed by atoms with E-state index in [1.807, 2.05) is 30.3 Å². The molecule has 148 valence electrons. The van der Waals surface area contributed by atoms with Gasteiger partial charge in [0.05, 0.1) is 7.11 Å². The minimum Gasteiger partial charge on any atom is -0.465 e. The van der Waals surface area contributed by atoms with Gasteiger partial charge < -0.3 is 15.0 Å². The van der Waals surface area contributed by atoms with Crippen molar-refractivity contribution in [3.8, 4) is 0 Å². The number of ether oxygens (including phenoxy) is 1. The van der Waals surface area contributed by atoms with Crippen molar-refractivity contribution >= 4 is 17.6 Å². The number of benzene rings is 2. The van der Waals surface area contributed by atoms with Crippen molar-refractivity contribution in [1.29, 1.82) is 0 Å². The standard InChI is InChI=1S/C23H28N2O3/c1-4-16(2)17-9-11-20(12-10-17)24-22(26)15-25-14-19-8-6-5-7-18(19)13-21(25)23(27)28-3/h5-12,16,21H,4,13-15H2,1-3H3,(H,24,26)/p+1/t16-,21+/m0/s1. The van der Waals surface area contributed by atoms with Gasteiger partial charge in [0, 0.05) is 17.7 Å². The zero-order valence-electron chi connectivity index (χ0n) is 16.8. The summed E-state index contributed by atoms with van der Waals surface area (Å²) in [5, 5.41) is 2.96. The molecule has 2 aromatic carbocycles. The fourth-order valence-electron chi connectivity index (χ4n) is 3.78. The maximum Gasteiger partial charge on any atom is 0.365 e. The molecule has 5 heteroatoms. The lowest BCUT2D eigenvalue weighted by atomic mass is 9.94. The number of quaternary nitrogens is 1. The highest BCUT2D eigenvalue weighted by Gasteiger charge is 2.37. The quantitative estimate of drug-likeness (QED) is 0.755. The molecular weight excluding hydrogens is 352 g/mol. The SMILES string of the molecule is CC[C@H](C)c1ccc(NC(=O)C[NH+]2Cc3ccccc3C[C@@H]2C(=O)OC)cc1. The number of esters is 1. The Morgan fingerprint density at radius 3 is 2.46 bits per heavy atom. The Bertz CT molecular complexity index is 832. The fourth-order valence-corrected chi connectivity index (χ4v) is 3.78. The van der Waals surface area contributed by atoms with Crippen LogP contribution in [-0.2, 0) is 27.3 Å². The maximum absolute atomic E-state index is 12.6. The molecule has 1 amide bonds. The van der Waals surface area contributed by atoms with Gasteiger partial charge in [-0.15, -0.1) is 0 Å². The second-order valence-electron chi connectivity index (χ2n) is 7.54. The van der Waals surface area contributed by atoms with Crippen LogP contribution in [0, 0.1) is 0 Å². The maximum atomic E-state index is 12.6. The Hall–Kier alpha value is -2.66. The highest BCUT2D eigenvalue weighted by Crippen LogP contribution is 2.20. The highest BCUT2D eigenvalue weighted by molar-refractivity contribution is 5.91. The van der Waals surface area contributed by atoms with Crippen LogP contribution in [0.1, 0.15) is 42.9 Å². The summed E-state index contributed by atoms with van der Waals surface area (Å²) in [6.07, 6.45) is 1.68. The van der Waals surface area contributed by atoms with Crippen LogP contribution in [-0.4, -0.2) is 31.6 Å². The van der Waals surface area contributed by atoms with Crippen LogP contribution in [0.4, 0.5) is 5.69 Å². The van der Waals surface area contributed by atoms with Crippen LogP contribution in [0.25, 0.3) is 0 Å². The zero-order valence-corrected chi connectivity index (χ0v) is 16.8. The summed E-state index contributed by atoms with van der Waals surface area (Å²) in [5.74, 6) is 0.137. The van der Waals surface area contributed by atoms with Gasteiger partial charge in [-0.2, -0.15) is 0 Å². The van der Waals surface area contributed by atoms with Gasteiger partial charge in [0.2, 0.25) is 0 Å². The van der Waals surface area contributed by atoms with Crippen molar-refractivity contribution < 1.29 is 19.2 Å². The molecule has 0 radical (unpaired) electrons. The first-order valence-electron chi connectivity index (χ1n) is 9.90. The summed E-state index contributed by atoms with van der Waals surface area (Å²) in [6, 6.07) is 15.7. The van der Waals surface area contributed by atoms with Crippen molar-refractivity contribution in [2.24, 2.45) is 0 Å². The van der Waals surface area contributed by atoms with Crippen molar-refractivity contribution in [1.82, 2.24) is 0 Å². The monoisotopic (exact) mass is 381 g/mol. The average molecular weight is 381 g/mol. The Balaban J connectivity index is 1.68. The summed E-state index contributed by atoms with van der Waals surface area (Å²) in [6.45, 7) is 5.22. The number of hydrogen-bond acceptors (Lipinski definition) is 3. The lowest BCUT2D eigenvalue weighted by molar-refractivity contribution is -0.924. The normalized spacial score (nSPS) is 19.4. The molecule has 0 saturated carbocycles. The van der Waals surface area contributed by atoms with E-state index in [1.54, 1.807) is 0 Å². The minimum absolute atomic E-state index is 0.0976. The van der Waals surface area contributed by atoms with Crippen LogP contribution < -0.4 is 10.2 Å². The summed E-state index contributed by atoms with van der Waals surface area (Å²) in [5.41, 5.74) is 4.39. The van der Waals surface area contributed by atoms with Crippen molar-refractivity contribution in [2.75, 3.05) is 19.0 Å². The predicted molar refractivity (Wildman–Crippen MR) is 109 cm³/mol. The first-order valence-corrected chi connectivity index (χ1v) is 9.90. The van der Waals surface area contributed by atoms with E-state index in [1.165, 1.54) is 18.2 Å². The second-order valence-corrected chi connectivity index (χ2v) is 7.54. The molecule has 3 rings (SSSR count). The van der Waals surface area contributed by atoms with Crippen LogP contribution >= 0.6 is 0 Å². The Morgan fingerprint density at radius 2 is 1.82 bits per heavy atom. The molecule has 1 unspecified atom stereocenters. The minimum atomic E-state index is -0.363.